The second-order valence-electron chi connectivity index (χ2n) is 4.14. The van der Waals surface area contributed by atoms with Crippen LogP contribution in [0.1, 0.15) is 29.8 Å². The van der Waals surface area contributed by atoms with Gasteiger partial charge in [-0.3, -0.25) is 4.79 Å². The van der Waals surface area contributed by atoms with Gasteiger partial charge in [-0.1, -0.05) is 11.6 Å². The zero-order valence-corrected chi connectivity index (χ0v) is 12.4. The highest BCUT2D eigenvalue weighted by atomic mass is 35.7. The molecule has 0 aromatic heterocycles. The second kappa shape index (κ2) is 5.47. The van der Waals surface area contributed by atoms with Crippen LogP contribution in [-0.4, -0.2) is 20.4 Å². The first-order valence-corrected chi connectivity index (χ1v) is 7.87. The first-order chi connectivity index (χ1) is 8.12. The minimum Gasteiger partial charge on any atom is -0.350 e. The molecule has 4 nitrogen and oxygen atoms in total. The van der Waals surface area contributed by atoms with Crippen molar-refractivity contribution in [1.29, 1.82) is 0 Å². The molecule has 18 heavy (non-hydrogen) atoms. The van der Waals surface area contributed by atoms with Crippen molar-refractivity contribution in [1.82, 2.24) is 5.32 Å². The molecular weight excluding hydrogens is 297 g/mol. The SMILES string of the molecule is Cc1c(C(=O)NC(C)C)cc(Cl)cc1S(=O)(=O)Cl. The Kier molecular flexibility index (Phi) is 4.64. The molecule has 0 unspecified atom stereocenters. The van der Waals surface area contributed by atoms with Crippen molar-refractivity contribution in [3.8, 4) is 0 Å². The average molecular weight is 310 g/mol. The molecule has 0 radical (unpaired) electrons. The summed E-state index contributed by atoms with van der Waals surface area (Å²) in [6, 6.07) is 2.58. The number of rotatable bonds is 3. The Bertz CT molecular complexity index is 582. The molecule has 0 bridgehead atoms. The molecule has 0 fully saturated rings. The van der Waals surface area contributed by atoms with Gasteiger partial charge in [-0.05, 0) is 38.5 Å². The van der Waals surface area contributed by atoms with Gasteiger partial charge in [0.15, 0.2) is 0 Å². The summed E-state index contributed by atoms with van der Waals surface area (Å²) in [5.74, 6) is -0.383. The van der Waals surface area contributed by atoms with E-state index in [0.717, 1.165) is 0 Å². The average Bonchev–Trinajstić information content (AvgIpc) is 2.18. The summed E-state index contributed by atoms with van der Waals surface area (Å²) >= 11 is 5.81. The summed E-state index contributed by atoms with van der Waals surface area (Å²) in [5, 5.41) is 2.82. The molecule has 0 saturated heterocycles. The van der Waals surface area contributed by atoms with Crippen LogP contribution in [0, 0.1) is 6.92 Å². The van der Waals surface area contributed by atoms with E-state index in [1.165, 1.54) is 19.1 Å². The van der Waals surface area contributed by atoms with Crippen LogP contribution in [0.3, 0.4) is 0 Å². The van der Waals surface area contributed by atoms with Gasteiger partial charge in [0.1, 0.15) is 0 Å². The molecule has 0 aliphatic carbocycles. The van der Waals surface area contributed by atoms with E-state index in [0.29, 0.717) is 0 Å². The van der Waals surface area contributed by atoms with Gasteiger partial charge in [-0.2, -0.15) is 0 Å². The monoisotopic (exact) mass is 309 g/mol. The second-order valence-corrected chi connectivity index (χ2v) is 7.11. The van der Waals surface area contributed by atoms with Gasteiger partial charge in [-0.15, -0.1) is 0 Å². The van der Waals surface area contributed by atoms with E-state index >= 15 is 0 Å². The Morgan fingerprint density at radius 1 is 1.33 bits per heavy atom. The lowest BCUT2D eigenvalue weighted by atomic mass is 10.1. The van der Waals surface area contributed by atoms with Crippen molar-refractivity contribution in [2.45, 2.75) is 31.7 Å². The summed E-state index contributed by atoms with van der Waals surface area (Å²) in [4.78, 5) is 11.8. The third-order valence-electron chi connectivity index (χ3n) is 2.25. The number of carbonyl (C=O) groups excluding carboxylic acids is 1. The minimum atomic E-state index is -3.93. The molecule has 7 heteroatoms. The van der Waals surface area contributed by atoms with Crippen LogP contribution in [0.15, 0.2) is 17.0 Å². The smallest absolute Gasteiger partial charge is 0.261 e. The van der Waals surface area contributed by atoms with Crippen molar-refractivity contribution in [3.05, 3.63) is 28.3 Å². The van der Waals surface area contributed by atoms with E-state index in [9.17, 15) is 13.2 Å². The molecule has 1 amide bonds. The highest BCUT2D eigenvalue weighted by Gasteiger charge is 2.20. The third-order valence-corrected chi connectivity index (χ3v) is 3.92. The van der Waals surface area contributed by atoms with Gasteiger partial charge in [-0.25, -0.2) is 8.42 Å². The molecule has 1 rings (SSSR count). The van der Waals surface area contributed by atoms with Gasteiger partial charge in [0.25, 0.3) is 15.0 Å². The molecule has 100 valence electrons. The molecule has 0 heterocycles. The third kappa shape index (κ3) is 3.60. The van der Waals surface area contributed by atoms with E-state index in [4.69, 9.17) is 22.3 Å². The Hall–Kier alpha value is -0.780. The van der Waals surface area contributed by atoms with Crippen LogP contribution in [0.5, 0.6) is 0 Å². The quantitative estimate of drug-likeness (QED) is 0.873. The normalized spacial score (nSPS) is 11.7. The maximum Gasteiger partial charge on any atom is 0.261 e. The van der Waals surface area contributed by atoms with E-state index < -0.39 is 9.05 Å². The lowest BCUT2D eigenvalue weighted by Crippen LogP contribution is -2.30. The van der Waals surface area contributed by atoms with Gasteiger partial charge in [0.2, 0.25) is 0 Å². The van der Waals surface area contributed by atoms with Crippen LogP contribution in [0.25, 0.3) is 0 Å². The van der Waals surface area contributed by atoms with Crippen molar-refractivity contribution >= 4 is 37.2 Å². The van der Waals surface area contributed by atoms with Gasteiger partial charge >= 0.3 is 0 Å². The largest absolute Gasteiger partial charge is 0.350 e. The molecule has 0 saturated carbocycles. The highest BCUT2D eigenvalue weighted by Crippen LogP contribution is 2.27. The van der Waals surface area contributed by atoms with E-state index in [2.05, 4.69) is 5.32 Å². The number of hydrogen-bond acceptors (Lipinski definition) is 3. The van der Waals surface area contributed by atoms with Crippen LogP contribution >= 0.6 is 22.3 Å². The van der Waals surface area contributed by atoms with Crippen molar-refractivity contribution in [2.75, 3.05) is 0 Å². The zero-order chi connectivity index (χ0) is 14.1. The Morgan fingerprint density at radius 2 is 1.89 bits per heavy atom. The fourth-order valence-corrected chi connectivity index (χ4v) is 2.99. The highest BCUT2D eigenvalue weighted by molar-refractivity contribution is 8.13. The first kappa shape index (κ1) is 15.3. The Labute approximate surface area is 116 Å². The standard InChI is InChI=1S/C11H13Cl2NO3S/c1-6(2)14-11(15)9-4-8(12)5-10(7(9)3)18(13,16)17/h4-6H,1-3H3,(H,14,15). The summed E-state index contributed by atoms with van der Waals surface area (Å²) in [7, 11) is 1.37. The molecule has 0 aliphatic heterocycles. The van der Waals surface area contributed by atoms with Crippen LogP contribution in [-0.2, 0) is 9.05 Å². The van der Waals surface area contributed by atoms with Crippen molar-refractivity contribution in [2.24, 2.45) is 0 Å². The van der Waals surface area contributed by atoms with Gasteiger partial charge in [0, 0.05) is 27.3 Å². The Balaban J connectivity index is 3.39. The molecule has 0 aliphatic rings. The summed E-state index contributed by atoms with van der Waals surface area (Å²) in [6.45, 7) is 5.12. The topological polar surface area (TPSA) is 63.2 Å². The fourth-order valence-electron chi connectivity index (χ4n) is 1.48. The Morgan fingerprint density at radius 3 is 2.33 bits per heavy atom. The lowest BCUT2D eigenvalue weighted by molar-refractivity contribution is 0.0942. The fraction of sp³-hybridized carbons (Fsp3) is 0.364. The van der Waals surface area contributed by atoms with Crippen molar-refractivity contribution in [3.63, 3.8) is 0 Å². The predicted octanol–water partition coefficient (Wildman–Crippen LogP) is 2.71. The number of carbonyl (C=O) groups is 1. The number of benzene rings is 1. The number of halogens is 2. The summed E-state index contributed by atoms with van der Waals surface area (Å²) < 4.78 is 22.8. The van der Waals surface area contributed by atoms with Crippen molar-refractivity contribution < 1.29 is 13.2 Å². The maximum atomic E-state index is 11.9. The molecule has 1 N–H and O–H groups in total. The van der Waals surface area contributed by atoms with Crippen LogP contribution in [0.2, 0.25) is 5.02 Å². The number of nitrogens with one attached hydrogen (secondary N) is 1. The van der Waals surface area contributed by atoms with Gasteiger partial charge < -0.3 is 5.32 Å². The zero-order valence-electron chi connectivity index (χ0n) is 10.1. The summed E-state index contributed by atoms with van der Waals surface area (Å²) in [6.07, 6.45) is 0. The number of hydrogen-bond donors (Lipinski definition) is 1. The molecular formula is C11H13Cl2NO3S. The van der Waals surface area contributed by atoms with E-state index in [-0.39, 0.29) is 33.0 Å². The molecule has 1 aromatic rings. The minimum absolute atomic E-state index is 0.0630. The predicted molar refractivity (Wildman–Crippen MR) is 71.8 cm³/mol. The number of amides is 1. The first-order valence-electron chi connectivity index (χ1n) is 5.18. The molecule has 1 aromatic carbocycles. The lowest BCUT2D eigenvalue weighted by Gasteiger charge is -2.12. The van der Waals surface area contributed by atoms with Crippen LogP contribution < -0.4 is 5.32 Å². The molecule has 0 spiro atoms. The summed E-state index contributed by atoms with van der Waals surface area (Å²) in [5.41, 5.74) is 0.489. The van der Waals surface area contributed by atoms with E-state index in [1.807, 2.05) is 0 Å². The maximum absolute atomic E-state index is 11.9. The van der Waals surface area contributed by atoms with E-state index in [1.54, 1.807) is 13.8 Å². The van der Waals surface area contributed by atoms with Gasteiger partial charge in [0.05, 0.1) is 4.90 Å². The molecule has 0 atom stereocenters. The van der Waals surface area contributed by atoms with Crippen LogP contribution in [0.4, 0.5) is 0 Å².